The largest absolute Gasteiger partial charge is 0.366 e. The number of carbonyl (C=O) groups excluding carboxylic acids is 3. The van der Waals surface area contributed by atoms with Crippen molar-refractivity contribution in [3.05, 3.63) is 64.5 Å². The van der Waals surface area contributed by atoms with E-state index in [0.29, 0.717) is 24.3 Å². The molecule has 150 valence electrons. The van der Waals surface area contributed by atoms with Gasteiger partial charge in [0.2, 0.25) is 11.8 Å². The predicted octanol–water partition coefficient (Wildman–Crippen LogP) is 3.80. The first kappa shape index (κ1) is 20.5. The summed E-state index contributed by atoms with van der Waals surface area (Å²) in [6, 6.07) is 14.3. The van der Waals surface area contributed by atoms with Gasteiger partial charge in [-0.15, -0.1) is 11.3 Å². The van der Waals surface area contributed by atoms with Gasteiger partial charge in [-0.2, -0.15) is 0 Å². The topological polar surface area (TPSA) is 92.5 Å². The van der Waals surface area contributed by atoms with Crippen molar-refractivity contribution in [3.63, 3.8) is 0 Å². The molecule has 0 unspecified atom stereocenters. The van der Waals surface area contributed by atoms with Gasteiger partial charge in [-0.1, -0.05) is 18.2 Å². The third-order valence-electron chi connectivity index (χ3n) is 4.77. The number of thiophene rings is 1. The summed E-state index contributed by atoms with van der Waals surface area (Å²) in [6.07, 6.45) is 0.182. The van der Waals surface area contributed by atoms with Gasteiger partial charge in [-0.25, -0.2) is 0 Å². The Balaban J connectivity index is 1.63. The van der Waals surface area contributed by atoms with E-state index in [-0.39, 0.29) is 18.2 Å². The fourth-order valence-electron chi connectivity index (χ4n) is 3.10. The van der Waals surface area contributed by atoms with Gasteiger partial charge in [0.15, 0.2) is 0 Å². The minimum atomic E-state index is -0.517. The minimum absolute atomic E-state index is 0.0511. The van der Waals surface area contributed by atoms with Crippen molar-refractivity contribution in [2.24, 2.45) is 5.73 Å². The monoisotopic (exact) mass is 409 g/mol. The van der Waals surface area contributed by atoms with E-state index in [1.807, 2.05) is 38.1 Å². The fourth-order valence-corrected chi connectivity index (χ4v) is 4.28. The molecular formula is C22H23N3O3S. The molecule has 0 aliphatic heterocycles. The summed E-state index contributed by atoms with van der Waals surface area (Å²) >= 11 is 1.49. The average Bonchev–Trinajstić information content (AvgIpc) is 3.05. The summed E-state index contributed by atoms with van der Waals surface area (Å²) in [4.78, 5) is 38.8. The molecule has 3 N–H and O–H groups in total. The van der Waals surface area contributed by atoms with Crippen molar-refractivity contribution in [3.8, 4) is 0 Å². The number of anilines is 1. The van der Waals surface area contributed by atoms with E-state index in [9.17, 15) is 14.4 Å². The van der Waals surface area contributed by atoms with Crippen LogP contribution in [0.1, 0.15) is 38.9 Å². The van der Waals surface area contributed by atoms with Gasteiger partial charge in [0.05, 0.1) is 4.88 Å². The van der Waals surface area contributed by atoms with Crippen molar-refractivity contribution in [2.75, 3.05) is 18.4 Å². The Morgan fingerprint density at radius 2 is 1.76 bits per heavy atom. The van der Waals surface area contributed by atoms with Crippen LogP contribution in [-0.4, -0.2) is 35.7 Å². The Bertz CT molecular complexity index is 1060. The normalized spacial score (nSPS) is 10.7. The highest BCUT2D eigenvalue weighted by Gasteiger charge is 2.21. The van der Waals surface area contributed by atoms with E-state index in [1.54, 1.807) is 29.2 Å². The molecule has 0 atom stereocenters. The first-order valence-electron chi connectivity index (χ1n) is 9.37. The predicted molar refractivity (Wildman–Crippen MR) is 116 cm³/mol. The number of hydrogen-bond acceptors (Lipinski definition) is 4. The summed E-state index contributed by atoms with van der Waals surface area (Å²) in [5.41, 5.74) is 7.15. The molecule has 0 aliphatic rings. The molecule has 0 radical (unpaired) electrons. The molecule has 0 bridgehead atoms. The Kier molecular flexibility index (Phi) is 6.29. The van der Waals surface area contributed by atoms with Crippen LogP contribution in [0.4, 0.5) is 5.69 Å². The van der Waals surface area contributed by atoms with Crippen LogP contribution in [0.15, 0.2) is 48.5 Å². The van der Waals surface area contributed by atoms with Gasteiger partial charge in [0.1, 0.15) is 0 Å². The second-order valence-corrected chi connectivity index (χ2v) is 7.73. The smallest absolute Gasteiger partial charge is 0.264 e. The molecule has 1 heterocycles. The Hall–Kier alpha value is -3.19. The number of rotatable bonds is 7. The number of nitrogens with one attached hydrogen (secondary N) is 1. The van der Waals surface area contributed by atoms with E-state index < -0.39 is 5.91 Å². The van der Waals surface area contributed by atoms with E-state index in [0.717, 1.165) is 20.5 Å². The SMILES string of the molecule is CCN(CCC(=O)Nc1ccc(C(N)=O)cc1)C(=O)c1sc2ccccc2c1C. The number of nitrogens with two attached hydrogens (primary N) is 1. The maximum Gasteiger partial charge on any atom is 0.264 e. The van der Waals surface area contributed by atoms with Crippen LogP contribution in [0.3, 0.4) is 0 Å². The third kappa shape index (κ3) is 4.63. The molecule has 7 heteroatoms. The molecule has 0 aliphatic carbocycles. The molecule has 0 saturated carbocycles. The average molecular weight is 410 g/mol. The standard InChI is InChI=1S/C22H23N3O3S/c1-3-25(22(28)20-14(2)17-6-4-5-7-18(17)29-20)13-12-19(26)24-16-10-8-15(9-11-16)21(23)27/h4-11H,3,12-13H2,1-2H3,(H2,23,27)(H,24,26). The lowest BCUT2D eigenvalue weighted by Crippen LogP contribution is -2.33. The van der Waals surface area contributed by atoms with E-state index in [4.69, 9.17) is 5.73 Å². The zero-order valence-corrected chi connectivity index (χ0v) is 17.2. The van der Waals surface area contributed by atoms with Gasteiger partial charge in [0.25, 0.3) is 5.91 Å². The highest BCUT2D eigenvalue weighted by molar-refractivity contribution is 7.21. The number of nitrogens with zero attached hydrogens (tertiary/aromatic N) is 1. The Morgan fingerprint density at radius 1 is 1.07 bits per heavy atom. The second-order valence-electron chi connectivity index (χ2n) is 6.68. The lowest BCUT2D eigenvalue weighted by molar-refractivity contribution is -0.116. The molecular weight excluding hydrogens is 386 g/mol. The number of fused-ring (bicyclic) bond motifs is 1. The molecule has 6 nitrogen and oxygen atoms in total. The maximum atomic E-state index is 13.0. The van der Waals surface area contributed by atoms with E-state index in [1.165, 1.54) is 11.3 Å². The molecule has 0 saturated heterocycles. The molecule has 3 aromatic rings. The number of hydrogen-bond donors (Lipinski definition) is 2. The lowest BCUT2D eigenvalue weighted by Gasteiger charge is -2.20. The second kappa shape index (κ2) is 8.87. The summed E-state index contributed by atoms with van der Waals surface area (Å²) in [7, 11) is 0. The molecule has 1 aromatic heterocycles. The highest BCUT2D eigenvalue weighted by Crippen LogP contribution is 2.31. The van der Waals surface area contributed by atoms with Gasteiger partial charge in [0, 0.05) is 35.5 Å². The molecule has 3 amide bonds. The molecule has 2 aromatic carbocycles. The van der Waals surface area contributed by atoms with Crippen LogP contribution >= 0.6 is 11.3 Å². The van der Waals surface area contributed by atoms with Crippen molar-refractivity contribution in [1.29, 1.82) is 0 Å². The zero-order valence-electron chi connectivity index (χ0n) is 16.4. The lowest BCUT2D eigenvalue weighted by atomic mass is 10.1. The molecule has 0 spiro atoms. The quantitative estimate of drug-likeness (QED) is 0.622. The third-order valence-corrected chi connectivity index (χ3v) is 6.03. The molecule has 29 heavy (non-hydrogen) atoms. The summed E-state index contributed by atoms with van der Waals surface area (Å²) in [5, 5.41) is 3.86. The first-order chi connectivity index (χ1) is 13.9. The summed E-state index contributed by atoms with van der Waals surface area (Å²) < 4.78 is 1.08. The number of primary amides is 1. The fraction of sp³-hybridized carbons (Fsp3) is 0.227. The summed E-state index contributed by atoms with van der Waals surface area (Å²) in [6.45, 7) is 4.71. The van der Waals surface area contributed by atoms with Crippen molar-refractivity contribution >= 4 is 44.8 Å². The van der Waals surface area contributed by atoms with Gasteiger partial charge < -0.3 is 16.0 Å². The van der Waals surface area contributed by atoms with Crippen LogP contribution in [0.5, 0.6) is 0 Å². The van der Waals surface area contributed by atoms with E-state index >= 15 is 0 Å². The van der Waals surface area contributed by atoms with Crippen molar-refractivity contribution in [2.45, 2.75) is 20.3 Å². The number of carbonyl (C=O) groups is 3. The van der Waals surface area contributed by atoms with E-state index in [2.05, 4.69) is 5.32 Å². The number of benzene rings is 2. The first-order valence-corrected chi connectivity index (χ1v) is 10.2. The maximum absolute atomic E-state index is 13.0. The molecule has 0 fully saturated rings. The van der Waals surface area contributed by atoms with Gasteiger partial charge in [-0.3, -0.25) is 14.4 Å². The van der Waals surface area contributed by atoms with Crippen LogP contribution in [0, 0.1) is 6.92 Å². The van der Waals surface area contributed by atoms with Crippen molar-refractivity contribution < 1.29 is 14.4 Å². The summed E-state index contributed by atoms with van der Waals surface area (Å²) in [5.74, 6) is -0.766. The van der Waals surface area contributed by atoms with Gasteiger partial charge in [-0.05, 0) is 55.1 Å². The Labute approximate surface area is 173 Å². The van der Waals surface area contributed by atoms with Crippen LogP contribution in [-0.2, 0) is 4.79 Å². The zero-order chi connectivity index (χ0) is 21.0. The number of aryl methyl sites for hydroxylation is 1. The highest BCUT2D eigenvalue weighted by atomic mass is 32.1. The number of amides is 3. The van der Waals surface area contributed by atoms with Crippen LogP contribution in [0.25, 0.3) is 10.1 Å². The van der Waals surface area contributed by atoms with Crippen LogP contribution < -0.4 is 11.1 Å². The van der Waals surface area contributed by atoms with Crippen molar-refractivity contribution in [1.82, 2.24) is 4.90 Å². The van der Waals surface area contributed by atoms with Gasteiger partial charge >= 0.3 is 0 Å². The molecule has 3 rings (SSSR count). The Morgan fingerprint density at radius 3 is 2.38 bits per heavy atom. The minimum Gasteiger partial charge on any atom is -0.366 e. The van der Waals surface area contributed by atoms with Crippen LogP contribution in [0.2, 0.25) is 0 Å².